The van der Waals surface area contributed by atoms with Gasteiger partial charge in [-0.15, -0.1) is 0 Å². The van der Waals surface area contributed by atoms with Crippen molar-refractivity contribution in [1.29, 1.82) is 5.41 Å². The lowest BCUT2D eigenvalue weighted by Gasteiger charge is -2.10. The van der Waals surface area contributed by atoms with Crippen molar-refractivity contribution in [3.8, 4) is 0 Å². The zero-order chi connectivity index (χ0) is 22.5. The molecule has 0 saturated heterocycles. The summed E-state index contributed by atoms with van der Waals surface area (Å²) in [4.78, 5) is 23.5. The second-order valence-corrected chi connectivity index (χ2v) is 7.90. The Hall–Kier alpha value is -3.53. The van der Waals surface area contributed by atoms with Crippen molar-refractivity contribution in [2.75, 3.05) is 11.3 Å². The Bertz CT molecular complexity index is 1110. The molecule has 158 valence electrons. The molecule has 0 unspecified atom stereocenters. The fourth-order valence-corrected chi connectivity index (χ4v) is 3.60. The zero-order valence-corrected chi connectivity index (χ0v) is 16.9. The number of esters is 1. The number of carbonyl (C=O) groups is 2. The first-order valence-corrected chi connectivity index (χ1v) is 10.0. The minimum absolute atomic E-state index is 0.110. The molecule has 0 aliphatic carbocycles. The van der Waals surface area contributed by atoms with Gasteiger partial charge in [0.15, 0.2) is 5.78 Å². The quantitative estimate of drug-likeness (QED) is 0.253. The molecule has 0 aliphatic heterocycles. The molecule has 0 amide bonds. The van der Waals surface area contributed by atoms with Gasteiger partial charge in [-0.2, -0.15) is 0 Å². The third kappa shape index (κ3) is 5.74. The monoisotopic (exact) mass is 434 g/mol. The average Bonchev–Trinajstić information content (AvgIpc) is 2.67. The van der Waals surface area contributed by atoms with E-state index in [0.717, 1.165) is 25.1 Å². The summed E-state index contributed by atoms with van der Waals surface area (Å²) in [6, 6.07) is 9.65. The molecule has 0 spiro atoms. The normalized spacial score (nSPS) is 12.0. The van der Waals surface area contributed by atoms with Crippen molar-refractivity contribution in [3.63, 3.8) is 0 Å². The molecule has 0 fully saturated rings. The van der Waals surface area contributed by atoms with Gasteiger partial charge in [0.05, 0.1) is 16.0 Å². The number of benzene rings is 2. The maximum Gasteiger partial charge on any atom is 0.338 e. The predicted molar refractivity (Wildman–Crippen MR) is 108 cm³/mol. The first-order valence-electron chi connectivity index (χ1n) is 8.55. The number of ether oxygens (including phenoxy) is 1. The van der Waals surface area contributed by atoms with Crippen LogP contribution in [0.2, 0.25) is 0 Å². The summed E-state index contributed by atoms with van der Waals surface area (Å²) in [5.41, 5.74) is -0.419. The highest BCUT2D eigenvalue weighted by atomic mass is 32.2. The molecule has 2 aromatic carbocycles. The molecule has 2 aromatic rings. The largest absolute Gasteiger partial charge is 0.508 e. The van der Waals surface area contributed by atoms with Crippen LogP contribution in [-0.4, -0.2) is 37.6 Å². The van der Waals surface area contributed by atoms with Gasteiger partial charge in [0, 0.05) is 11.4 Å². The molecule has 0 aliphatic rings. The number of nitrogens with one attached hydrogen (secondary N) is 2. The summed E-state index contributed by atoms with van der Waals surface area (Å²) >= 11 is 0. The van der Waals surface area contributed by atoms with E-state index in [1.165, 1.54) is 37.3 Å². The van der Waals surface area contributed by atoms with Crippen molar-refractivity contribution >= 4 is 33.2 Å². The zero-order valence-electron chi connectivity index (χ0n) is 16.1. The van der Waals surface area contributed by atoms with Crippen LogP contribution in [0, 0.1) is 11.2 Å². The van der Waals surface area contributed by atoms with Crippen molar-refractivity contribution < 1.29 is 32.2 Å². The van der Waals surface area contributed by atoms with Crippen LogP contribution in [-0.2, 0) is 19.6 Å². The molecule has 10 heteroatoms. The van der Waals surface area contributed by atoms with Gasteiger partial charge >= 0.3 is 5.97 Å². The van der Waals surface area contributed by atoms with Crippen LogP contribution in [0.4, 0.5) is 10.1 Å². The maximum absolute atomic E-state index is 13.0. The summed E-state index contributed by atoms with van der Waals surface area (Å²) in [5, 5.41) is 17.4. The van der Waals surface area contributed by atoms with Gasteiger partial charge < -0.3 is 15.3 Å². The summed E-state index contributed by atoms with van der Waals surface area (Å²) in [5.74, 6) is -2.60. The van der Waals surface area contributed by atoms with E-state index >= 15 is 0 Å². The Morgan fingerprint density at radius 3 is 2.33 bits per heavy atom. The Kier molecular flexibility index (Phi) is 7.06. The molecule has 0 bridgehead atoms. The van der Waals surface area contributed by atoms with Crippen LogP contribution < -0.4 is 4.72 Å². The number of anilines is 1. The third-order valence-corrected chi connectivity index (χ3v) is 5.21. The van der Waals surface area contributed by atoms with Gasteiger partial charge in [0.25, 0.3) is 10.0 Å². The van der Waals surface area contributed by atoms with Crippen LogP contribution in [0.15, 0.2) is 64.8 Å². The molecule has 30 heavy (non-hydrogen) atoms. The minimum atomic E-state index is -4.06. The number of hydrogen-bond acceptors (Lipinski definition) is 7. The molecule has 0 aromatic heterocycles. The van der Waals surface area contributed by atoms with E-state index in [-0.39, 0.29) is 27.4 Å². The number of sulfonamides is 1. The number of allylic oxidation sites excluding steroid dienone is 1. The van der Waals surface area contributed by atoms with E-state index in [9.17, 15) is 27.5 Å². The van der Waals surface area contributed by atoms with Crippen molar-refractivity contribution in [2.24, 2.45) is 0 Å². The minimum Gasteiger partial charge on any atom is -0.508 e. The van der Waals surface area contributed by atoms with Crippen LogP contribution >= 0.6 is 0 Å². The molecule has 8 nitrogen and oxygen atoms in total. The second kappa shape index (κ2) is 9.31. The molecule has 0 atom stereocenters. The highest BCUT2D eigenvalue weighted by Crippen LogP contribution is 2.18. The smallest absolute Gasteiger partial charge is 0.338 e. The van der Waals surface area contributed by atoms with E-state index in [0.29, 0.717) is 0 Å². The molecule has 3 N–H and O–H groups in total. The molecule has 0 radical (unpaired) electrons. The van der Waals surface area contributed by atoms with Crippen LogP contribution in [0.25, 0.3) is 0 Å². The van der Waals surface area contributed by atoms with Crippen molar-refractivity contribution in [2.45, 2.75) is 18.7 Å². The van der Waals surface area contributed by atoms with Gasteiger partial charge in [-0.3, -0.25) is 9.52 Å². The summed E-state index contributed by atoms with van der Waals surface area (Å²) in [6.07, 6.45) is 0. The Labute approximate surface area is 172 Å². The summed E-state index contributed by atoms with van der Waals surface area (Å²) in [7, 11) is -4.06. The lowest BCUT2D eigenvalue weighted by atomic mass is 10.1. The van der Waals surface area contributed by atoms with Crippen LogP contribution in [0.5, 0.6) is 0 Å². The maximum atomic E-state index is 13.0. The van der Waals surface area contributed by atoms with E-state index in [4.69, 9.17) is 10.1 Å². The van der Waals surface area contributed by atoms with Crippen LogP contribution in [0.3, 0.4) is 0 Å². The molecule has 0 saturated carbocycles. The molecule has 0 heterocycles. The number of aliphatic hydroxyl groups excluding tert-OH is 1. The Morgan fingerprint density at radius 1 is 1.13 bits per heavy atom. The van der Waals surface area contributed by atoms with E-state index in [1.54, 1.807) is 0 Å². The number of halogens is 1. The van der Waals surface area contributed by atoms with Gasteiger partial charge in [-0.25, -0.2) is 17.6 Å². The van der Waals surface area contributed by atoms with E-state index in [1.807, 2.05) is 0 Å². The lowest BCUT2D eigenvalue weighted by molar-refractivity contribution is -0.113. The van der Waals surface area contributed by atoms with Gasteiger partial charge in [0.1, 0.15) is 18.2 Å². The standard InChI is InChI=1S/C20H19FN2O6S/c1-12(22)19(13(2)24)18(25)11-29-20(26)14-4-3-5-17(10-14)30(27,28)23-16-8-6-15(21)7-9-16/h3-10,22-23,25H,11H2,1-2H3/b19-18-,22-12?. The van der Waals surface area contributed by atoms with Crippen molar-refractivity contribution in [1.82, 2.24) is 0 Å². The third-order valence-electron chi connectivity index (χ3n) is 3.83. The van der Waals surface area contributed by atoms with E-state index < -0.39 is 40.0 Å². The fourth-order valence-electron chi connectivity index (χ4n) is 2.50. The number of rotatable bonds is 8. The first-order chi connectivity index (χ1) is 14.0. The predicted octanol–water partition coefficient (Wildman–Crippen LogP) is 3.22. The Morgan fingerprint density at radius 2 is 1.77 bits per heavy atom. The van der Waals surface area contributed by atoms with Gasteiger partial charge in [0.2, 0.25) is 0 Å². The number of hydrogen-bond donors (Lipinski definition) is 3. The van der Waals surface area contributed by atoms with Gasteiger partial charge in [-0.1, -0.05) is 6.07 Å². The van der Waals surface area contributed by atoms with Crippen molar-refractivity contribution in [3.05, 3.63) is 71.2 Å². The average molecular weight is 434 g/mol. The molecule has 2 rings (SSSR count). The first kappa shape index (κ1) is 22.8. The van der Waals surface area contributed by atoms with Gasteiger partial charge in [-0.05, 0) is 56.3 Å². The SMILES string of the molecule is CC(=N)/C(C(C)=O)=C(/O)COC(=O)c1cccc(S(=O)(=O)Nc2ccc(F)cc2)c1. The van der Waals surface area contributed by atoms with E-state index in [2.05, 4.69) is 4.72 Å². The number of ketones is 1. The highest BCUT2D eigenvalue weighted by Gasteiger charge is 2.19. The fraction of sp³-hybridized carbons (Fsp3) is 0.150. The molecular weight excluding hydrogens is 415 g/mol. The Balaban J connectivity index is 2.18. The lowest BCUT2D eigenvalue weighted by Crippen LogP contribution is -2.16. The van der Waals surface area contributed by atoms with Crippen LogP contribution in [0.1, 0.15) is 24.2 Å². The number of aliphatic hydroxyl groups is 1. The number of carbonyl (C=O) groups excluding carboxylic acids is 2. The second-order valence-electron chi connectivity index (χ2n) is 6.22. The highest BCUT2D eigenvalue weighted by molar-refractivity contribution is 7.92. The topological polar surface area (TPSA) is 134 Å². The number of Topliss-reactive ketones (excluding diaryl/α,β-unsaturated/α-hetero) is 1. The summed E-state index contributed by atoms with van der Waals surface area (Å²) in [6.45, 7) is 1.81. The summed E-state index contributed by atoms with van der Waals surface area (Å²) < 4.78 is 45.2. The molecular formula is C20H19FN2O6S.